The molecule has 32 heavy (non-hydrogen) atoms. The second-order valence-electron chi connectivity index (χ2n) is 7.68. The molecule has 4 rings (SSSR count). The van der Waals surface area contributed by atoms with Crippen LogP contribution in [0.2, 0.25) is 0 Å². The molecule has 3 aromatic rings. The average Bonchev–Trinajstić information content (AvgIpc) is 3.26. The van der Waals surface area contributed by atoms with Crippen molar-refractivity contribution in [2.45, 2.75) is 19.4 Å². The number of nitrogens with zero attached hydrogens (tertiary/aromatic N) is 1. The quantitative estimate of drug-likeness (QED) is 0.620. The van der Waals surface area contributed by atoms with E-state index in [1.54, 1.807) is 26.4 Å². The molecule has 6 nitrogen and oxygen atoms in total. The van der Waals surface area contributed by atoms with Crippen LogP contribution in [-0.2, 0) is 24.2 Å². The van der Waals surface area contributed by atoms with Gasteiger partial charge in [0.15, 0.2) is 11.5 Å². The predicted molar refractivity (Wildman–Crippen MR) is 123 cm³/mol. The summed E-state index contributed by atoms with van der Waals surface area (Å²) in [7, 11) is 3.15. The van der Waals surface area contributed by atoms with E-state index in [1.807, 2.05) is 59.5 Å². The number of hydrogen-bond acceptors (Lipinski definition) is 4. The molecular formula is C26H26N2O4. The molecule has 164 valence electrons. The van der Waals surface area contributed by atoms with Crippen LogP contribution < -0.4 is 19.7 Å². The fraction of sp³-hybridized carbons (Fsp3) is 0.231. The summed E-state index contributed by atoms with van der Waals surface area (Å²) in [6, 6.07) is 20.8. The van der Waals surface area contributed by atoms with Crippen molar-refractivity contribution in [2.75, 3.05) is 25.7 Å². The first-order chi connectivity index (χ1) is 15.6. The van der Waals surface area contributed by atoms with Gasteiger partial charge in [-0.2, -0.15) is 0 Å². The monoisotopic (exact) mass is 430 g/mol. The van der Waals surface area contributed by atoms with Gasteiger partial charge in [-0.15, -0.1) is 0 Å². The number of fused-ring (bicyclic) bond motifs is 1. The van der Waals surface area contributed by atoms with Crippen molar-refractivity contribution in [2.24, 2.45) is 0 Å². The van der Waals surface area contributed by atoms with Crippen LogP contribution in [0.15, 0.2) is 66.7 Å². The predicted octanol–water partition coefficient (Wildman–Crippen LogP) is 3.77. The van der Waals surface area contributed by atoms with Crippen molar-refractivity contribution in [1.82, 2.24) is 5.32 Å². The minimum absolute atomic E-state index is 0.000936. The van der Waals surface area contributed by atoms with Gasteiger partial charge in [-0.25, -0.2) is 0 Å². The Balaban J connectivity index is 1.41. The number of carbonyl (C=O) groups excluding carboxylic acids is 2. The van der Waals surface area contributed by atoms with Gasteiger partial charge in [0, 0.05) is 24.3 Å². The Hall–Kier alpha value is -3.80. The molecule has 0 atom stereocenters. The van der Waals surface area contributed by atoms with Crippen LogP contribution in [0.5, 0.6) is 11.5 Å². The number of carbonyl (C=O) groups is 2. The lowest BCUT2D eigenvalue weighted by Crippen LogP contribution is -2.29. The highest BCUT2D eigenvalue weighted by atomic mass is 16.5. The first kappa shape index (κ1) is 21.4. The summed E-state index contributed by atoms with van der Waals surface area (Å²) in [6.45, 7) is 1.06. The molecule has 0 unspecified atom stereocenters. The molecule has 0 aliphatic carbocycles. The highest BCUT2D eigenvalue weighted by Gasteiger charge is 2.25. The summed E-state index contributed by atoms with van der Waals surface area (Å²) >= 11 is 0. The summed E-state index contributed by atoms with van der Waals surface area (Å²) in [6.07, 6.45) is 1.07. The van der Waals surface area contributed by atoms with Crippen LogP contribution in [0.3, 0.4) is 0 Å². The fourth-order valence-corrected chi connectivity index (χ4v) is 3.92. The van der Waals surface area contributed by atoms with Crippen molar-refractivity contribution in [3.63, 3.8) is 0 Å². The molecule has 1 aliphatic heterocycles. The lowest BCUT2D eigenvalue weighted by Gasteiger charge is -2.18. The number of amides is 2. The van der Waals surface area contributed by atoms with E-state index >= 15 is 0 Å². The molecule has 0 aromatic heterocycles. The molecule has 1 aliphatic rings. The summed E-state index contributed by atoms with van der Waals surface area (Å²) in [5, 5.41) is 2.97. The Morgan fingerprint density at radius 3 is 2.41 bits per heavy atom. The minimum atomic E-state index is -0.0880. The van der Waals surface area contributed by atoms with Crippen LogP contribution in [-0.4, -0.2) is 32.6 Å². The van der Waals surface area contributed by atoms with Crippen LogP contribution in [0.4, 0.5) is 5.69 Å². The molecule has 1 heterocycles. The maximum absolute atomic E-state index is 12.9. The van der Waals surface area contributed by atoms with Crippen LogP contribution in [0.25, 0.3) is 0 Å². The summed E-state index contributed by atoms with van der Waals surface area (Å²) in [5.74, 6) is 1.14. The smallest absolute Gasteiger partial charge is 0.258 e. The number of hydrogen-bond donors (Lipinski definition) is 1. The third-order valence-corrected chi connectivity index (χ3v) is 5.61. The minimum Gasteiger partial charge on any atom is -0.493 e. The first-order valence-electron chi connectivity index (χ1n) is 10.6. The van der Waals surface area contributed by atoms with Gasteiger partial charge in [-0.05, 0) is 53.4 Å². The zero-order valence-electron chi connectivity index (χ0n) is 18.3. The molecule has 0 spiro atoms. The Morgan fingerprint density at radius 2 is 1.66 bits per heavy atom. The van der Waals surface area contributed by atoms with Crippen molar-refractivity contribution in [1.29, 1.82) is 0 Å². The largest absolute Gasteiger partial charge is 0.493 e. The zero-order chi connectivity index (χ0) is 22.5. The average molecular weight is 431 g/mol. The SMILES string of the molecule is COc1ccc(CC(=O)NCc2ccc3c(c2)N(C(=O)c2ccccc2)CC3)cc1OC. The molecule has 0 bridgehead atoms. The first-order valence-corrected chi connectivity index (χ1v) is 10.6. The number of anilines is 1. The number of benzene rings is 3. The second-order valence-corrected chi connectivity index (χ2v) is 7.68. The molecule has 6 heteroatoms. The summed E-state index contributed by atoms with van der Waals surface area (Å²) in [4.78, 5) is 27.2. The molecular weight excluding hydrogens is 404 g/mol. The van der Waals surface area contributed by atoms with Gasteiger partial charge in [0.25, 0.3) is 5.91 Å². The highest BCUT2D eigenvalue weighted by Crippen LogP contribution is 2.31. The molecule has 0 saturated heterocycles. The molecule has 3 aromatic carbocycles. The van der Waals surface area contributed by atoms with E-state index in [-0.39, 0.29) is 18.2 Å². The van der Waals surface area contributed by atoms with Crippen molar-refractivity contribution < 1.29 is 19.1 Å². The van der Waals surface area contributed by atoms with Crippen molar-refractivity contribution >= 4 is 17.5 Å². The van der Waals surface area contributed by atoms with E-state index in [4.69, 9.17) is 9.47 Å². The van der Waals surface area contributed by atoms with Gasteiger partial charge in [0.2, 0.25) is 5.91 Å². The Morgan fingerprint density at radius 1 is 0.906 bits per heavy atom. The fourth-order valence-electron chi connectivity index (χ4n) is 3.92. The lowest BCUT2D eigenvalue weighted by atomic mass is 10.1. The van der Waals surface area contributed by atoms with Gasteiger partial charge in [-0.3, -0.25) is 9.59 Å². The number of rotatable bonds is 7. The van der Waals surface area contributed by atoms with Crippen LogP contribution >= 0.6 is 0 Å². The van der Waals surface area contributed by atoms with E-state index in [9.17, 15) is 9.59 Å². The summed E-state index contributed by atoms with van der Waals surface area (Å²) < 4.78 is 10.5. The molecule has 0 saturated carbocycles. The van der Waals surface area contributed by atoms with E-state index < -0.39 is 0 Å². The van der Waals surface area contributed by atoms with Gasteiger partial charge in [-0.1, -0.05) is 36.4 Å². The zero-order valence-corrected chi connectivity index (χ0v) is 18.3. The molecule has 0 radical (unpaired) electrons. The highest BCUT2D eigenvalue weighted by molar-refractivity contribution is 6.07. The second kappa shape index (κ2) is 9.56. The van der Waals surface area contributed by atoms with E-state index in [0.717, 1.165) is 28.8 Å². The van der Waals surface area contributed by atoms with Gasteiger partial charge in [0.1, 0.15) is 0 Å². The standard InChI is InChI=1S/C26H26N2O4/c1-31-23-11-9-18(15-24(23)32-2)16-25(29)27-17-19-8-10-20-12-13-28(22(20)14-19)26(30)21-6-4-3-5-7-21/h3-11,14-15H,12-13,16-17H2,1-2H3,(H,27,29). The van der Waals surface area contributed by atoms with E-state index in [2.05, 4.69) is 5.32 Å². The molecule has 2 amide bonds. The topological polar surface area (TPSA) is 67.9 Å². The number of methoxy groups -OCH3 is 2. The molecule has 0 fully saturated rings. The third-order valence-electron chi connectivity index (χ3n) is 5.61. The third kappa shape index (κ3) is 4.59. The van der Waals surface area contributed by atoms with Crippen LogP contribution in [0, 0.1) is 0 Å². The van der Waals surface area contributed by atoms with Crippen LogP contribution in [0.1, 0.15) is 27.0 Å². The van der Waals surface area contributed by atoms with E-state index in [0.29, 0.717) is 30.2 Å². The van der Waals surface area contributed by atoms with Crippen molar-refractivity contribution in [3.8, 4) is 11.5 Å². The Labute approximate surface area is 187 Å². The number of ether oxygens (including phenoxy) is 2. The van der Waals surface area contributed by atoms with Gasteiger partial charge in [0.05, 0.1) is 20.6 Å². The molecule has 1 N–H and O–H groups in total. The maximum Gasteiger partial charge on any atom is 0.258 e. The van der Waals surface area contributed by atoms with Crippen molar-refractivity contribution in [3.05, 3.63) is 89.0 Å². The maximum atomic E-state index is 12.9. The Bertz CT molecular complexity index is 1130. The normalized spacial score (nSPS) is 12.2. The number of nitrogens with one attached hydrogen (secondary N) is 1. The summed E-state index contributed by atoms with van der Waals surface area (Å²) in [5.41, 5.74) is 4.54. The lowest BCUT2D eigenvalue weighted by molar-refractivity contribution is -0.120. The van der Waals surface area contributed by atoms with Gasteiger partial charge < -0.3 is 19.7 Å². The van der Waals surface area contributed by atoms with Gasteiger partial charge >= 0.3 is 0 Å². The van der Waals surface area contributed by atoms with E-state index in [1.165, 1.54) is 0 Å². The Kier molecular flexibility index (Phi) is 6.40.